The van der Waals surface area contributed by atoms with Gasteiger partial charge in [-0.1, -0.05) is 38.1 Å². The van der Waals surface area contributed by atoms with E-state index in [1.807, 2.05) is 38.1 Å². The maximum atomic E-state index is 12.1. The number of carbonyl (C=O) groups is 1. The van der Waals surface area contributed by atoms with Gasteiger partial charge in [0.25, 0.3) is 0 Å². The molecule has 1 unspecified atom stereocenters. The highest BCUT2D eigenvalue weighted by Gasteiger charge is 2.47. The Balaban J connectivity index is 2.26. The molecule has 0 heterocycles. The molecule has 1 atom stereocenters. The van der Waals surface area contributed by atoms with Crippen molar-refractivity contribution in [2.45, 2.75) is 39.2 Å². The average molecular weight is 262 g/mol. The molecule has 0 aliphatic heterocycles. The van der Waals surface area contributed by atoms with Crippen molar-refractivity contribution in [1.29, 1.82) is 0 Å². The molecule has 0 fully saturated rings. The molecule has 1 aliphatic carbocycles. The Morgan fingerprint density at radius 3 is 2.26 bits per heavy atom. The van der Waals surface area contributed by atoms with E-state index in [0.29, 0.717) is 19.4 Å². The summed E-state index contributed by atoms with van der Waals surface area (Å²) >= 11 is 0. The topological polar surface area (TPSA) is 46.5 Å². The molecule has 0 saturated heterocycles. The lowest BCUT2D eigenvalue weighted by Gasteiger charge is -2.33. The molecule has 19 heavy (non-hydrogen) atoms. The molecule has 3 nitrogen and oxygen atoms in total. The molecule has 0 amide bonds. The van der Waals surface area contributed by atoms with Gasteiger partial charge in [-0.25, -0.2) is 0 Å². The summed E-state index contributed by atoms with van der Waals surface area (Å²) in [7, 11) is 0. The van der Waals surface area contributed by atoms with Gasteiger partial charge in [-0.15, -0.1) is 0 Å². The van der Waals surface area contributed by atoms with E-state index in [9.17, 15) is 9.90 Å². The van der Waals surface area contributed by atoms with Crippen molar-refractivity contribution in [1.82, 2.24) is 0 Å². The van der Waals surface area contributed by atoms with Crippen molar-refractivity contribution >= 4 is 5.97 Å². The van der Waals surface area contributed by atoms with E-state index in [-0.39, 0.29) is 11.9 Å². The van der Waals surface area contributed by atoms with Crippen LogP contribution in [-0.2, 0) is 22.4 Å². The smallest absolute Gasteiger partial charge is 0.312 e. The summed E-state index contributed by atoms with van der Waals surface area (Å²) < 4.78 is 5.14. The van der Waals surface area contributed by atoms with E-state index >= 15 is 0 Å². The van der Waals surface area contributed by atoms with Crippen LogP contribution in [0.5, 0.6) is 0 Å². The van der Waals surface area contributed by atoms with E-state index in [1.165, 1.54) is 0 Å². The minimum atomic E-state index is -1.01. The molecule has 0 spiro atoms. The fourth-order valence-corrected chi connectivity index (χ4v) is 3.19. The first-order valence-electron chi connectivity index (χ1n) is 6.93. The van der Waals surface area contributed by atoms with Crippen molar-refractivity contribution in [3.63, 3.8) is 0 Å². The molecule has 2 rings (SSSR count). The number of benzene rings is 1. The average Bonchev–Trinajstić information content (AvgIpc) is 2.65. The molecule has 1 N–H and O–H groups in total. The van der Waals surface area contributed by atoms with Gasteiger partial charge in [-0.2, -0.15) is 0 Å². The van der Waals surface area contributed by atoms with Gasteiger partial charge in [0.1, 0.15) is 0 Å². The van der Waals surface area contributed by atoms with Crippen LogP contribution in [0.3, 0.4) is 0 Å². The van der Waals surface area contributed by atoms with Gasteiger partial charge in [0.15, 0.2) is 0 Å². The fraction of sp³-hybridized carbons (Fsp3) is 0.562. The molecule has 0 radical (unpaired) electrons. The zero-order chi connectivity index (χ0) is 14.0. The van der Waals surface area contributed by atoms with Crippen molar-refractivity contribution in [2.75, 3.05) is 6.61 Å². The molecule has 0 saturated carbocycles. The minimum absolute atomic E-state index is 0.0540. The summed E-state index contributed by atoms with van der Waals surface area (Å²) in [5.41, 5.74) is 1.27. The van der Waals surface area contributed by atoms with Crippen LogP contribution in [0.1, 0.15) is 31.9 Å². The number of esters is 1. The Hall–Kier alpha value is -1.35. The van der Waals surface area contributed by atoms with Crippen LogP contribution in [0.2, 0.25) is 0 Å². The van der Waals surface area contributed by atoms with Crippen LogP contribution in [0.15, 0.2) is 24.3 Å². The molecular weight excluding hydrogens is 240 g/mol. The predicted octanol–water partition coefficient (Wildman–Crippen LogP) is 2.35. The third kappa shape index (κ3) is 2.66. The number of carbonyl (C=O) groups excluding carboxylic acids is 1. The maximum absolute atomic E-state index is 12.1. The van der Waals surface area contributed by atoms with Crippen molar-refractivity contribution < 1.29 is 14.6 Å². The Kier molecular flexibility index (Phi) is 3.95. The second kappa shape index (κ2) is 5.33. The number of rotatable bonds is 4. The first kappa shape index (κ1) is 14.1. The number of aliphatic hydroxyl groups is 1. The molecule has 104 valence electrons. The van der Waals surface area contributed by atoms with Crippen molar-refractivity contribution in [2.24, 2.45) is 11.8 Å². The quantitative estimate of drug-likeness (QED) is 0.847. The van der Waals surface area contributed by atoms with Crippen LogP contribution in [0, 0.1) is 11.8 Å². The largest absolute Gasteiger partial charge is 0.466 e. The highest BCUT2D eigenvalue weighted by atomic mass is 16.5. The van der Waals surface area contributed by atoms with E-state index < -0.39 is 11.5 Å². The van der Waals surface area contributed by atoms with Gasteiger partial charge >= 0.3 is 5.97 Å². The molecular formula is C16H22O3. The lowest BCUT2D eigenvalue weighted by atomic mass is 9.77. The summed E-state index contributed by atoms with van der Waals surface area (Å²) in [6.45, 7) is 6.07. The third-order valence-corrected chi connectivity index (χ3v) is 3.90. The Labute approximate surface area is 114 Å². The first-order valence-corrected chi connectivity index (χ1v) is 6.93. The summed E-state index contributed by atoms with van der Waals surface area (Å²) in [5, 5.41) is 10.9. The van der Waals surface area contributed by atoms with E-state index in [0.717, 1.165) is 11.1 Å². The highest BCUT2D eigenvalue weighted by Crippen LogP contribution is 2.39. The second-order valence-corrected chi connectivity index (χ2v) is 5.70. The van der Waals surface area contributed by atoms with Crippen molar-refractivity contribution in [3.05, 3.63) is 35.4 Å². The summed E-state index contributed by atoms with van der Waals surface area (Å²) in [6, 6.07) is 7.99. The molecule has 1 aromatic rings. The predicted molar refractivity (Wildman–Crippen MR) is 73.8 cm³/mol. The van der Waals surface area contributed by atoms with Gasteiger partial charge in [0.05, 0.1) is 18.1 Å². The number of hydrogen-bond acceptors (Lipinski definition) is 3. The first-order chi connectivity index (χ1) is 8.98. The van der Waals surface area contributed by atoms with Crippen LogP contribution in [0.4, 0.5) is 0 Å². The van der Waals surface area contributed by atoms with Gasteiger partial charge < -0.3 is 9.84 Å². The molecule has 0 aromatic heterocycles. The Morgan fingerprint density at radius 2 is 1.84 bits per heavy atom. The van der Waals surface area contributed by atoms with E-state index in [4.69, 9.17) is 4.74 Å². The van der Waals surface area contributed by atoms with Crippen molar-refractivity contribution in [3.8, 4) is 0 Å². The minimum Gasteiger partial charge on any atom is -0.466 e. The second-order valence-electron chi connectivity index (χ2n) is 5.70. The van der Waals surface area contributed by atoms with Crippen LogP contribution < -0.4 is 0 Å². The van der Waals surface area contributed by atoms with E-state index in [1.54, 1.807) is 6.92 Å². The highest BCUT2D eigenvalue weighted by molar-refractivity contribution is 5.74. The Morgan fingerprint density at radius 1 is 1.32 bits per heavy atom. The van der Waals surface area contributed by atoms with Crippen LogP contribution in [-0.4, -0.2) is 23.3 Å². The van der Waals surface area contributed by atoms with Crippen LogP contribution in [0.25, 0.3) is 0 Å². The van der Waals surface area contributed by atoms with Gasteiger partial charge in [0.2, 0.25) is 0 Å². The lowest BCUT2D eigenvalue weighted by Crippen LogP contribution is -2.46. The fourth-order valence-electron chi connectivity index (χ4n) is 3.19. The molecule has 3 heteroatoms. The summed E-state index contributed by atoms with van der Waals surface area (Å²) in [6.07, 6.45) is 1.07. The Bertz CT molecular complexity index is 440. The van der Waals surface area contributed by atoms with Crippen LogP contribution >= 0.6 is 0 Å². The number of ether oxygens (including phenoxy) is 1. The van der Waals surface area contributed by atoms with E-state index in [2.05, 4.69) is 0 Å². The zero-order valence-corrected chi connectivity index (χ0v) is 11.8. The molecule has 1 aliphatic rings. The maximum Gasteiger partial charge on any atom is 0.312 e. The van der Waals surface area contributed by atoms with Gasteiger partial charge in [-0.05, 0) is 24.0 Å². The third-order valence-electron chi connectivity index (χ3n) is 3.90. The van der Waals surface area contributed by atoms with Gasteiger partial charge in [-0.3, -0.25) is 4.79 Å². The summed E-state index contributed by atoms with van der Waals surface area (Å²) in [4.78, 5) is 12.1. The SMILES string of the molecule is CCOC(=O)C(C(C)C)C1(O)Cc2ccccc2C1. The normalized spacial score (nSPS) is 18.2. The standard InChI is InChI=1S/C16H22O3/c1-4-19-15(17)14(11(2)3)16(18)9-12-7-5-6-8-13(12)10-16/h5-8,11,14,18H,4,9-10H2,1-3H3. The summed E-state index contributed by atoms with van der Waals surface area (Å²) in [5.74, 6) is -0.703. The molecule has 0 bridgehead atoms. The zero-order valence-electron chi connectivity index (χ0n) is 11.8. The van der Waals surface area contributed by atoms with Gasteiger partial charge in [0, 0.05) is 12.8 Å². The number of hydrogen-bond donors (Lipinski definition) is 1. The lowest BCUT2D eigenvalue weighted by molar-refractivity contribution is -0.161. The monoisotopic (exact) mass is 262 g/mol. The molecule has 1 aromatic carbocycles. The number of fused-ring (bicyclic) bond motifs is 1.